The van der Waals surface area contributed by atoms with Crippen LogP contribution in [0.25, 0.3) is 0 Å². The molecule has 3 aliphatic rings. The Morgan fingerprint density at radius 2 is 1.57 bits per heavy atom. The third kappa shape index (κ3) is 3.02. The average molecular weight is 300 g/mol. The molecule has 3 heterocycles. The van der Waals surface area contributed by atoms with Crippen molar-refractivity contribution in [3.8, 4) is 0 Å². The van der Waals surface area contributed by atoms with Crippen molar-refractivity contribution in [3.05, 3.63) is 12.7 Å². The van der Waals surface area contributed by atoms with Crippen LogP contribution in [0.4, 0.5) is 0 Å². The number of fused-ring (bicyclic) bond motifs is 3. The summed E-state index contributed by atoms with van der Waals surface area (Å²) >= 11 is 0. The van der Waals surface area contributed by atoms with E-state index < -0.39 is 17.9 Å². The third-order valence-corrected chi connectivity index (χ3v) is 3.77. The summed E-state index contributed by atoms with van der Waals surface area (Å²) in [4.78, 5) is 0. The van der Waals surface area contributed by atoms with E-state index in [4.69, 9.17) is 28.4 Å². The zero-order valence-electron chi connectivity index (χ0n) is 13.0. The van der Waals surface area contributed by atoms with Crippen molar-refractivity contribution in [1.29, 1.82) is 0 Å². The Morgan fingerprint density at radius 1 is 0.952 bits per heavy atom. The number of rotatable bonds is 4. The van der Waals surface area contributed by atoms with Gasteiger partial charge in [-0.1, -0.05) is 6.08 Å². The van der Waals surface area contributed by atoms with Crippen LogP contribution in [0.15, 0.2) is 12.7 Å². The van der Waals surface area contributed by atoms with Gasteiger partial charge >= 0.3 is 0 Å². The van der Waals surface area contributed by atoms with Gasteiger partial charge in [0.2, 0.25) is 0 Å². The lowest BCUT2D eigenvalue weighted by Crippen LogP contribution is -2.56. The molecule has 120 valence electrons. The van der Waals surface area contributed by atoms with Crippen LogP contribution in [0, 0.1) is 0 Å². The molecule has 21 heavy (non-hydrogen) atoms. The fourth-order valence-corrected chi connectivity index (χ4v) is 3.10. The molecule has 5 atom stereocenters. The molecule has 0 bridgehead atoms. The summed E-state index contributed by atoms with van der Waals surface area (Å²) in [5.74, 6) is -1.35. The maximum absolute atomic E-state index is 6.01. The summed E-state index contributed by atoms with van der Waals surface area (Å²) in [5, 5.41) is 0. The van der Waals surface area contributed by atoms with Crippen molar-refractivity contribution in [2.45, 2.75) is 70.0 Å². The standard InChI is InChI=1S/C15H24O6/c1-6-7-16-8-9-10-11(19-14(2,3)18-10)12-13(17-9)21-15(4,5)20-12/h6,9-13H,1,7-8H2,2-5H3/t9-,10+,11+,12-,13-/m1/s1. The van der Waals surface area contributed by atoms with Crippen LogP contribution in [0.1, 0.15) is 27.7 Å². The van der Waals surface area contributed by atoms with Gasteiger partial charge in [-0.3, -0.25) is 0 Å². The molecule has 0 aromatic heterocycles. The smallest absolute Gasteiger partial charge is 0.190 e. The molecule has 3 saturated heterocycles. The molecule has 6 heteroatoms. The summed E-state index contributed by atoms with van der Waals surface area (Å²) in [6, 6.07) is 0. The van der Waals surface area contributed by atoms with Crippen LogP contribution < -0.4 is 0 Å². The summed E-state index contributed by atoms with van der Waals surface area (Å²) < 4.78 is 35.2. The number of hydrogen-bond donors (Lipinski definition) is 0. The van der Waals surface area contributed by atoms with E-state index in [2.05, 4.69) is 6.58 Å². The van der Waals surface area contributed by atoms with Crippen LogP contribution >= 0.6 is 0 Å². The first-order valence-corrected chi connectivity index (χ1v) is 7.37. The number of hydrogen-bond acceptors (Lipinski definition) is 6. The zero-order valence-corrected chi connectivity index (χ0v) is 13.0. The molecular formula is C15H24O6. The Morgan fingerprint density at radius 3 is 2.29 bits per heavy atom. The van der Waals surface area contributed by atoms with Crippen molar-refractivity contribution in [1.82, 2.24) is 0 Å². The topological polar surface area (TPSA) is 55.4 Å². The molecule has 0 spiro atoms. The van der Waals surface area contributed by atoms with Crippen molar-refractivity contribution in [3.63, 3.8) is 0 Å². The summed E-state index contributed by atoms with van der Waals surface area (Å²) in [6.45, 7) is 12.0. The molecule has 0 N–H and O–H groups in total. The van der Waals surface area contributed by atoms with Crippen LogP contribution in [-0.2, 0) is 28.4 Å². The fraction of sp³-hybridized carbons (Fsp3) is 0.867. The largest absolute Gasteiger partial charge is 0.375 e. The van der Waals surface area contributed by atoms with Gasteiger partial charge in [-0.2, -0.15) is 0 Å². The molecule has 0 aromatic carbocycles. The lowest BCUT2D eigenvalue weighted by Gasteiger charge is -2.37. The first-order valence-electron chi connectivity index (χ1n) is 7.37. The van der Waals surface area contributed by atoms with Gasteiger partial charge in [0.1, 0.15) is 24.4 Å². The second-order valence-electron chi connectivity index (χ2n) is 6.53. The van der Waals surface area contributed by atoms with E-state index >= 15 is 0 Å². The Kier molecular flexibility index (Phi) is 3.88. The molecular weight excluding hydrogens is 276 g/mol. The van der Waals surface area contributed by atoms with Gasteiger partial charge in [-0.25, -0.2) is 0 Å². The van der Waals surface area contributed by atoms with E-state index in [-0.39, 0.29) is 24.4 Å². The highest BCUT2D eigenvalue weighted by atomic mass is 16.9. The summed E-state index contributed by atoms with van der Waals surface area (Å²) in [5.41, 5.74) is 0. The predicted molar refractivity (Wildman–Crippen MR) is 73.5 cm³/mol. The maximum Gasteiger partial charge on any atom is 0.190 e. The van der Waals surface area contributed by atoms with Crippen molar-refractivity contribution >= 4 is 0 Å². The van der Waals surface area contributed by atoms with Crippen LogP contribution in [0.2, 0.25) is 0 Å². The van der Waals surface area contributed by atoms with Crippen LogP contribution in [0.5, 0.6) is 0 Å². The van der Waals surface area contributed by atoms with Crippen LogP contribution in [-0.4, -0.2) is 55.5 Å². The first-order chi connectivity index (χ1) is 9.81. The van der Waals surface area contributed by atoms with Gasteiger partial charge in [-0.05, 0) is 27.7 Å². The molecule has 0 aliphatic carbocycles. The lowest BCUT2D eigenvalue weighted by molar-refractivity contribution is -0.242. The quantitative estimate of drug-likeness (QED) is 0.580. The normalized spacial score (nSPS) is 43.3. The molecule has 3 aliphatic heterocycles. The van der Waals surface area contributed by atoms with Gasteiger partial charge < -0.3 is 28.4 Å². The number of ether oxygens (including phenoxy) is 6. The maximum atomic E-state index is 6.01. The Bertz CT molecular complexity index is 407. The highest BCUT2D eigenvalue weighted by Gasteiger charge is 2.60. The van der Waals surface area contributed by atoms with Crippen molar-refractivity contribution in [2.75, 3.05) is 13.2 Å². The Hall–Kier alpha value is -0.500. The van der Waals surface area contributed by atoms with E-state index in [0.29, 0.717) is 13.2 Å². The van der Waals surface area contributed by atoms with Gasteiger partial charge in [0.25, 0.3) is 0 Å². The molecule has 0 aromatic rings. The van der Waals surface area contributed by atoms with Gasteiger partial charge in [0, 0.05) is 0 Å². The van der Waals surface area contributed by atoms with Gasteiger partial charge in [-0.15, -0.1) is 6.58 Å². The molecule has 0 saturated carbocycles. The monoisotopic (exact) mass is 300 g/mol. The highest BCUT2D eigenvalue weighted by molar-refractivity contribution is 5.00. The van der Waals surface area contributed by atoms with E-state index in [1.54, 1.807) is 6.08 Å². The minimum atomic E-state index is -0.688. The van der Waals surface area contributed by atoms with E-state index in [0.717, 1.165) is 0 Å². The second-order valence-corrected chi connectivity index (χ2v) is 6.53. The van der Waals surface area contributed by atoms with Gasteiger partial charge in [0.15, 0.2) is 17.9 Å². The Balaban J connectivity index is 1.76. The SMILES string of the molecule is C=CCOC[C@H]1O[C@@H]2OC(C)(C)O[C@@H]2[C@H]2OC(C)(C)O[C@H]21. The Labute approximate surface area is 125 Å². The van der Waals surface area contributed by atoms with Crippen LogP contribution in [0.3, 0.4) is 0 Å². The van der Waals surface area contributed by atoms with Crippen molar-refractivity contribution in [2.24, 2.45) is 0 Å². The average Bonchev–Trinajstić information content (AvgIpc) is 2.84. The molecule has 3 rings (SSSR count). The lowest BCUT2D eigenvalue weighted by atomic mass is 9.99. The molecule has 0 radical (unpaired) electrons. The second kappa shape index (κ2) is 5.30. The van der Waals surface area contributed by atoms with E-state index in [1.807, 2.05) is 27.7 Å². The predicted octanol–water partition coefficient (Wildman–Crippen LogP) is 1.59. The summed E-state index contributed by atoms with van der Waals surface area (Å²) in [7, 11) is 0. The minimum Gasteiger partial charge on any atom is -0.375 e. The molecule has 3 fully saturated rings. The van der Waals surface area contributed by atoms with E-state index in [1.165, 1.54) is 0 Å². The minimum absolute atomic E-state index is 0.224. The van der Waals surface area contributed by atoms with Crippen molar-refractivity contribution < 1.29 is 28.4 Å². The first kappa shape index (κ1) is 15.4. The molecule has 0 amide bonds. The third-order valence-electron chi connectivity index (χ3n) is 3.77. The molecule has 6 nitrogen and oxygen atoms in total. The fourth-order valence-electron chi connectivity index (χ4n) is 3.10. The van der Waals surface area contributed by atoms with Gasteiger partial charge in [0.05, 0.1) is 13.2 Å². The molecule has 0 unspecified atom stereocenters. The zero-order chi connectivity index (χ0) is 15.3. The highest BCUT2D eigenvalue weighted by Crippen LogP contribution is 2.44. The van der Waals surface area contributed by atoms with E-state index in [9.17, 15) is 0 Å². The summed E-state index contributed by atoms with van der Waals surface area (Å²) in [6.07, 6.45) is 0.243.